The molecule has 1 saturated heterocycles. The van der Waals surface area contributed by atoms with Gasteiger partial charge in [0.2, 0.25) is 0 Å². The van der Waals surface area contributed by atoms with E-state index in [2.05, 4.69) is 11.4 Å². The van der Waals surface area contributed by atoms with Crippen LogP contribution in [0, 0.1) is 17.2 Å². The number of rotatable bonds is 6. The monoisotopic (exact) mass is 274 g/mol. The molecule has 1 aliphatic heterocycles. The molecule has 1 fully saturated rings. The van der Waals surface area contributed by atoms with Crippen LogP contribution in [0.1, 0.15) is 18.4 Å². The maximum absolute atomic E-state index is 9.55. The van der Waals surface area contributed by atoms with Gasteiger partial charge in [0.25, 0.3) is 0 Å². The number of hydrogen-bond acceptors (Lipinski definition) is 4. The highest BCUT2D eigenvalue weighted by Crippen LogP contribution is 2.22. The first kappa shape index (κ1) is 15.0. The van der Waals surface area contributed by atoms with Crippen LogP contribution in [0.25, 0.3) is 0 Å². The molecule has 4 nitrogen and oxygen atoms in total. The summed E-state index contributed by atoms with van der Waals surface area (Å²) < 4.78 is 11.2. The van der Waals surface area contributed by atoms with Crippen LogP contribution in [0.5, 0.6) is 0 Å². The lowest BCUT2D eigenvalue weighted by Gasteiger charge is -2.28. The van der Waals surface area contributed by atoms with Crippen molar-refractivity contribution >= 4 is 0 Å². The van der Waals surface area contributed by atoms with Crippen LogP contribution in [0.15, 0.2) is 30.3 Å². The molecule has 1 aromatic rings. The van der Waals surface area contributed by atoms with Crippen LogP contribution < -0.4 is 5.32 Å². The fourth-order valence-electron chi connectivity index (χ4n) is 2.47. The summed E-state index contributed by atoms with van der Waals surface area (Å²) in [6.07, 6.45) is 2.09. The lowest BCUT2D eigenvalue weighted by molar-refractivity contribution is 0.00912. The zero-order valence-electron chi connectivity index (χ0n) is 12.0. The zero-order valence-corrected chi connectivity index (χ0v) is 12.0. The molecule has 1 heterocycles. The molecule has 4 heteroatoms. The Morgan fingerprint density at radius 2 is 2.05 bits per heavy atom. The fraction of sp³-hybridized carbons (Fsp3) is 0.562. The van der Waals surface area contributed by atoms with E-state index in [9.17, 15) is 5.26 Å². The van der Waals surface area contributed by atoms with Gasteiger partial charge in [-0.25, -0.2) is 0 Å². The Labute approximate surface area is 120 Å². The summed E-state index contributed by atoms with van der Waals surface area (Å²) in [5.41, 5.74) is 0.170. The van der Waals surface area contributed by atoms with Gasteiger partial charge in [-0.15, -0.1) is 0 Å². The summed E-state index contributed by atoms with van der Waals surface area (Å²) >= 11 is 0. The van der Waals surface area contributed by atoms with Gasteiger partial charge in [-0.2, -0.15) is 5.26 Å². The molecule has 0 saturated carbocycles. The predicted octanol–water partition coefficient (Wildman–Crippen LogP) is 2.07. The Kier molecular flexibility index (Phi) is 5.54. The van der Waals surface area contributed by atoms with Crippen molar-refractivity contribution in [3.63, 3.8) is 0 Å². The van der Waals surface area contributed by atoms with Crippen molar-refractivity contribution in [2.75, 3.05) is 33.5 Å². The molecule has 1 atom stereocenters. The summed E-state index contributed by atoms with van der Waals surface area (Å²) in [5.74, 6) is 0.549. The third kappa shape index (κ3) is 3.57. The Hall–Kier alpha value is -1.41. The van der Waals surface area contributed by atoms with Crippen LogP contribution in [-0.4, -0.2) is 33.5 Å². The van der Waals surface area contributed by atoms with Gasteiger partial charge in [-0.3, -0.25) is 5.32 Å². The smallest absolute Gasteiger partial charge is 0.155 e. The average molecular weight is 274 g/mol. The van der Waals surface area contributed by atoms with Gasteiger partial charge in [0.15, 0.2) is 5.54 Å². The van der Waals surface area contributed by atoms with Crippen LogP contribution in [0.4, 0.5) is 0 Å². The number of nitrogens with zero attached hydrogens (tertiary/aromatic N) is 1. The Morgan fingerprint density at radius 1 is 1.35 bits per heavy atom. The van der Waals surface area contributed by atoms with Crippen LogP contribution in [-0.2, 0) is 15.0 Å². The lowest BCUT2D eigenvalue weighted by Crippen LogP contribution is -2.43. The third-order valence-corrected chi connectivity index (χ3v) is 3.90. The molecule has 1 unspecified atom stereocenters. The second-order valence-corrected chi connectivity index (χ2v) is 5.20. The van der Waals surface area contributed by atoms with Gasteiger partial charge < -0.3 is 9.47 Å². The Balaban J connectivity index is 1.94. The number of hydrogen-bond donors (Lipinski definition) is 1. The Morgan fingerprint density at radius 3 is 2.65 bits per heavy atom. The first-order valence-electron chi connectivity index (χ1n) is 7.12. The van der Waals surface area contributed by atoms with Gasteiger partial charge in [-0.1, -0.05) is 30.3 Å². The maximum atomic E-state index is 9.55. The van der Waals surface area contributed by atoms with E-state index in [4.69, 9.17) is 9.47 Å². The highest BCUT2D eigenvalue weighted by Gasteiger charge is 2.31. The van der Waals surface area contributed by atoms with E-state index in [0.29, 0.717) is 19.1 Å². The average Bonchev–Trinajstić information content (AvgIpc) is 2.54. The maximum Gasteiger partial charge on any atom is 0.155 e. The molecule has 20 heavy (non-hydrogen) atoms. The molecule has 0 radical (unpaired) electrons. The molecule has 2 rings (SSSR count). The highest BCUT2D eigenvalue weighted by molar-refractivity contribution is 5.31. The number of nitriles is 1. The first-order valence-corrected chi connectivity index (χ1v) is 7.12. The molecule has 0 aliphatic carbocycles. The van der Waals surface area contributed by atoms with E-state index in [1.54, 1.807) is 7.05 Å². The van der Waals surface area contributed by atoms with Gasteiger partial charge in [0.05, 0.1) is 12.7 Å². The minimum atomic E-state index is -0.771. The fourth-order valence-corrected chi connectivity index (χ4v) is 2.47. The van der Waals surface area contributed by atoms with E-state index in [-0.39, 0.29) is 0 Å². The van der Waals surface area contributed by atoms with Crippen molar-refractivity contribution in [2.24, 2.45) is 5.92 Å². The predicted molar refractivity (Wildman–Crippen MR) is 77.2 cm³/mol. The third-order valence-electron chi connectivity index (χ3n) is 3.90. The summed E-state index contributed by atoms with van der Waals surface area (Å²) in [5, 5.41) is 12.7. The summed E-state index contributed by atoms with van der Waals surface area (Å²) in [6.45, 7) is 2.70. The lowest BCUT2D eigenvalue weighted by atomic mass is 9.92. The molecule has 0 spiro atoms. The minimum Gasteiger partial charge on any atom is -0.381 e. The van der Waals surface area contributed by atoms with Gasteiger partial charge >= 0.3 is 0 Å². The molecule has 1 aliphatic rings. The Bertz CT molecular complexity index is 438. The second kappa shape index (κ2) is 7.39. The SMILES string of the molecule is CNC(C#N)(COCC1CCOCC1)c1ccccc1. The zero-order chi connectivity index (χ0) is 14.3. The number of ether oxygens (including phenoxy) is 2. The molecular weight excluding hydrogens is 252 g/mol. The quantitative estimate of drug-likeness (QED) is 0.863. The molecule has 0 aromatic heterocycles. The van der Waals surface area contributed by atoms with Crippen LogP contribution >= 0.6 is 0 Å². The van der Waals surface area contributed by atoms with E-state index < -0.39 is 5.54 Å². The minimum absolute atomic E-state index is 0.362. The molecule has 108 valence electrons. The van der Waals surface area contributed by atoms with Crippen LogP contribution in [0.2, 0.25) is 0 Å². The highest BCUT2D eigenvalue weighted by atomic mass is 16.5. The van der Waals surface area contributed by atoms with E-state index in [1.165, 1.54) is 0 Å². The molecule has 1 aromatic carbocycles. The van der Waals surface area contributed by atoms with Gasteiger partial charge in [0.1, 0.15) is 0 Å². The standard InChI is InChI=1S/C16H22N2O2/c1-18-16(12-17,15-5-3-2-4-6-15)13-20-11-14-7-9-19-10-8-14/h2-6,14,18H,7-11,13H2,1H3. The summed E-state index contributed by atoms with van der Waals surface area (Å²) in [6, 6.07) is 12.1. The molecule has 0 amide bonds. The first-order chi connectivity index (χ1) is 9.80. The van der Waals surface area contributed by atoms with Crippen molar-refractivity contribution in [3.8, 4) is 6.07 Å². The van der Waals surface area contributed by atoms with Crippen molar-refractivity contribution < 1.29 is 9.47 Å². The van der Waals surface area contributed by atoms with Crippen molar-refractivity contribution in [1.29, 1.82) is 5.26 Å². The van der Waals surface area contributed by atoms with E-state index in [0.717, 1.165) is 31.6 Å². The number of nitrogens with one attached hydrogen (secondary N) is 1. The van der Waals surface area contributed by atoms with Gasteiger partial charge in [0, 0.05) is 19.8 Å². The van der Waals surface area contributed by atoms with Crippen molar-refractivity contribution in [2.45, 2.75) is 18.4 Å². The van der Waals surface area contributed by atoms with Gasteiger partial charge in [-0.05, 0) is 31.4 Å². The summed E-state index contributed by atoms with van der Waals surface area (Å²) in [7, 11) is 1.80. The molecule has 0 bridgehead atoms. The van der Waals surface area contributed by atoms with Crippen LogP contribution in [0.3, 0.4) is 0 Å². The van der Waals surface area contributed by atoms with E-state index >= 15 is 0 Å². The number of likely N-dealkylation sites (N-methyl/N-ethyl adjacent to an activating group) is 1. The second-order valence-electron chi connectivity index (χ2n) is 5.20. The van der Waals surface area contributed by atoms with E-state index in [1.807, 2.05) is 30.3 Å². The topological polar surface area (TPSA) is 54.3 Å². The molecule has 1 N–H and O–H groups in total. The van der Waals surface area contributed by atoms with Crippen molar-refractivity contribution in [3.05, 3.63) is 35.9 Å². The number of benzene rings is 1. The summed E-state index contributed by atoms with van der Waals surface area (Å²) in [4.78, 5) is 0. The largest absolute Gasteiger partial charge is 0.381 e. The molecular formula is C16H22N2O2. The van der Waals surface area contributed by atoms with Crippen molar-refractivity contribution in [1.82, 2.24) is 5.32 Å². The normalized spacial score (nSPS) is 19.2.